The van der Waals surface area contributed by atoms with Gasteiger partial charge in [0.15, 0.2) is 28.2 Å². The zero-order chi connectivity index (χ0) is 28.8. The minimum atomic E-state index is -0.184. The fraction of sp³-hybridized carbons (Fsp3) is 0.300. The standard InChI is InChI=1S/C30H30ClN3O6S/c1-37-24-9-8-19(14-25(24)38-2)10-11-32-28(35)7-4-12-34-29(36)22-15-26-27(40-18-39-26)16-23(22)33-30(34)41-17-20-5-3-6-21(31)13-20/h3,5-6,8-9,13-16H,4,7,10-12,17-18H2,1-2H3,(H,32,35). The number of methoxy groups -OCH3 is 2. The van der Waals surface area contributed by atoms with E-state index in [1.807, 2.05) is 42.5 Å². The predicted molar refractivity (Wildman–Crippen MR) is 159 cm³/mol. The molecule has 0 saturated heterocycles. The molecule has 0 saturated carbocycles. The first kappa shape index (κ1) is 28.6. The quantitative estimate of drug-likeness (QED) is 0.176. The molecule has 1 N–H and O–H groups in total. The molecule has 1 amide bonds. The number of hydrogen-bond acceptors (Lipinski definition) is 8. The Morgan fingerprint density at radius 2 is 1.85 bits per heavy atom. The third-order valence-electron chi connectivity index (χ3n) is 6.64. The van der Waals surface area contributed by atoms with Crippen LogP contribution < -0.4 is 29.8 Å². The molecule has 0 fully saturated rings. The summed E-state index contributed by atoms with van der Waals surface area (Å²) in [5, 5.41) is 4.62. The van der Waals surface area contributed by atoms with E-state index >= 15 is 0 Å². The second-order valence-corrected chi connectivity index (χ2v) is 10.8. The molecule has 1 aliphatic rings. The molecule has 9 nitrogen and oxygen atoms in total. The maximum Gasteiger partial charge on any atom is 0.262 e. The van der Waals surface area contributed by atoms with Gasteiger partial charge in [-0.3, -0.25) is 14.2 Å². The lowest BCUT2D eigenvalue weighted by molar-refractivity contribution is -0.121. The van der Waals surface area contributed by atoms with E-state index in [1.54, 1.807) is 30.9 Å². The number of benzene rings is 3. The maximum atomic E-state index is 13.6. The molecule has 11 heteroatoms. The van der Waals surface area contributed by atoms with Crippen molar-refractivity contribution in [3.05, 3.63) is 81.1 Å². The van der Waals surface area contributed by atoms with Crippen LogP contribution in [0.1, 0.15) is 24.0 Å². The summed E-state index contributed by atoms with van der Waals surface area (Å²) in [6.45, 7) is 0.939. The maximum absolute atomic E-state index is 13.6. The first-order chi connectivity index (χ1) is 19.9. The van der Waals surface area contributed by atoms with Crippen molar-refractivity contribution in [3.8, 4) is 23.0 Å². The molecule has 0 unspecified atom stereocenters. The van der Waals surface area contributed by atoms with Crippen molar-refractivity contribution in [3.63, 3.8) is 0 Å². The molecule has 1 aromatic heterocycles. The van der Waals surface area contributed by atoms with Crippen molar-refractivity contribution >= 4 is 40.2 Å². The van der Waals surface area contributed by atoms with E-state index in [9.17, 15) is 9.59 Å². The lowest BCUT2D eigenvalue weighted by atomic mass is 10.1. The van der Waals surface area contributed by atoms with Crippen LogP contribution in [0.15, 0.2) is 64.5 Å². The lowest BCUT2D eigenvalue weighted by Crippen LogP contribution is -2.27. The molecule has 0 spiro atoms. The highest BCUT2D eigenvalue weighted by Crippen LogP contribution is 2.35. The summed E-state index contributed by atoms with van der Waals surface area (Å²) in [5.74, 6) is 2.91. The Morgan fingerprint density at radius 1 is 1.05 bits per heavy atom. The smallest absolute Gasteiger partial charge is 0.262 e. The van der Waals surface area contributed by atoms with Crippen LogP contribution in [-0.2, 0) is 23.5 Å². The fourth-order valence-corrected chi connectivity index (χ4v) is 5.72. The number of aromatic nitrogens is 2. The molecular formula is C30H30ClN3O6S. The van der Waals surface area contributed by atoms with E-state index < -0.39 is 0 Å². The van der Waals surface area contributed by atoms with Gasteiger partial charge >= 0.3 is 0 Å². The molecule has 0 atom stereocenters. The molecule has 41 heavy (non-hydrogen) atoms. The molecule has 0 bridgehead atoms. The van der Waals surface area contributed by atoms with E-state index in [4.69, 9.17) is 35.5 Å². The topological polar surface area (TPSA) is 101 Å². The molecule has 4 aromatic rings. The normalized spacial score (nSPS) is 12.0. The Labute approximate surface area is 246 Å². The number of ether oxygens (including phenoxy) is 4. The van der Waals surface area contributed by atoms with Crippen molar-refractivity contribution in [1.29, 1.82) is 0 Å². The highest BCUT2D eigenvalue weighted by Gasteiger charge is 2.19. The number of amides is 1. The van der Waals surface area contributed by atoms with Gasteiger partial charge in [0.2, 0.25) is 12.7 Å². The van der Waals surface area contributed by atoms with E-state index in [2.05, 4.69) is 5.32 Å². The van der Waals surface area contributed by atoms with Gasteiger partial charge in [-0.05, 0) is 54.3 Å². The molecular weight excluding hydrogens is 566 g/mol. The number of nitrogens with one attached hydrogen (secondary N) is 1. The van der Waals surface area contributed by atoms with Gasteiger partial charge in [0.1, 0.15) is 0 Å². The van der Waals surface area contributed by atoms with Crippen LogP contribution >= 0.6 is 23.4 Å². The summed E-state index contributed by atoms with van der Waals surface area (Å²) >= 11 is 7.60. The Morgan fingerprint density at radius 3 is 2.63 bits per heavy atom. The molecule has 2 heterocycles. The second-order valence-electron chi connectivity index (χ2n) is 9.39. The fourth-order valence-electron chi connectivity index (χ4n) is 4.54. The number of hydrogen-bond donors (Lipinski definition) is 1. The summed E-state index contributed by atoms with van der Waals surface area (Å²) in [6, 6.07) is 16.7. The zero-order valence-corrected chi connectivity index (χ0v) is 24.3. The minimum Gasteiger partial charge on any atom is -0.493 e. The molecule has 214 valence electrons. The number of carbonyl (C=O) groups is 1. The number of fused-ring (bicyclic) bond motifs is 2. The van der Waals surface area contributed by atoms with Gasteiger partial charge in [-0.15, -0.1) is 0 Å². The summed E-state index contributed by atoms with van der Waals surface area (Å²) in [7, 11) is 3.19. The minimum absolute atomic E-state index is 0.0798. The predicted octanol–water partition coefficient (Wildman–Crippen LogP) is 5.23. The molecule has 1 aliphatic heterocycles. The van der Waals surface area contributed by atoms with Crippen molar-refractivity contribution in [2.75, 3.05) is 27.6 Å². The Hall–Kier alpha value is -3.89. The largest absolute Gasteiger partial charge is 0.493 e. The molecule has 5 rings (SSSR count). The highest BCUT2D eigenvalue weighted by atomic mass is 35.5. The first-order valence-corrected chi connectivity index (χ1v) is 14.5. The Kier molecular flexibility index (Phi) is 9.21. The van der Waals surface area contributed by atoms with E-state index in [0.717, 1.165) is 11.1 Å². The molecule has 0 radical (unpaired) electrons. The Bertz CT molecular complexity index is 1630. The van der Waals surface area contributed by atoms with E-state index in [1.165, 1.54) is 11.8 Å². The third-order valence-corrected chi connectivity index (χ3v) is 7.92. The van der Waals surface area contributed by atoms with Crippen molar-refractivity contribution in [2.24, 2.45) is 0 Å². The van der Waals surface area contributed by atoms with Crippen LogP contribution in [-0.4, -0.2) is 43.0 Å². The van der Waals surface area contributed by atoms with Gasteiger partial charge in [0.05, 0.1) is 25.1 Å². The lowest BCUT2D eigenvalue weighted by Gasteiger charge is -2.14. The van der Waals surface area contributed by atoms with Crippen LogP contribution in [0.3, 0.4) is 0 Å². The summed E-state index contributed by atoms with van der Waals surface area (Å²) in [4.78, 5) is 31.0. The summed E-state index contributed by atoms with van der Waals surface area (Å²) < 4.78 is 23.2. The number of halogens is 1. The summed E-state index contributed by atoms with van der Waals surface area (Å²) in [6.07, 6.45) is 1.40. The van der Waals surface area contributed by atoms with Crippen LogP contribution in [0.2, 0.25) is 5.02 Å². The average Bonchev–Trinajstić information content (AvgIpc) is 3.44. The number of thioether (sulfide) groups is 1. The van der Waals surface area contributed by atoms with Gasteiger partial charge in [0, 0.05) is 36.4 Å². The van der Waals surface area contributed by atoms with Gasteiger partial charge in [0.25, 0.3) is 5.56 Å². The van der Waals surface area contributed by atoms with Gasteiger partial charge in [-0.25, -0.2) is 4.98 Å². The average molecular weight is 596 g/mol. The number of nitrogens with zero attached hydrogens (tertiary/aromatic N) is 2. The highest BCUT2D eigenvalue weighted by molar-refractivity contribution is 7.98. The molecule has 3 aromatic carbocycles. The number of carbonyl (C=O) groups excluding carboxylic acids is 1. The monoisotopic (exact) mass is 595 g/mol. The van der Waals surface area contributed by atoms with E-state index in [0.29, 0.717) is 75.8 Å². The first-order valence-electron chi connectivity index (χ1n) is 13.1. The van der Waals surface area contributed by atoms with Gasteiger partial charge in [-0.2, -0.15) is 0 Å². The van der Waals surface area contributed by atoms with Crippen molar-refractivity contribution < 1.29 is 23.7 Å². The number of rotatable bonds is 12. The van der Waals surface area contributed by atoms with Gasteiger partial charge < -0.3 is 24.3 Å². The van der Waals surface area contributed by atoms with Crippen molar-refractivity contribution in [1.82, 2.24) is 14.9 Å². The SMILES string of the molecule is COc1ccc(CCNC(=O)CCCn2c(SCc3cccc(Cl)c3)nc3cc4c(cc3c2=O)OCO4)cc1OC. The van der Waals surface area contributed by atoms with E-state index in [-0.39, 0.29) is 24.7 Å². The van der Waals surface area contributed by atoms with Crippen LogP contribution in [0, 0.1) is 0 Å². The van der Waals surface area contributed by atoms with Crippen LogP contribution in [0.25, 0.3) is 10.9 Å². The summed E-state index contributed by atoms with van der Waals surface area (Å²) in [5.41, 5.74) is 2.40. The second kappa shape index (κ2) is 13.2. The third kappa shape index (κ3) is 6.89. The zero-order valence-electron chi connectivity index (χ0n) is 22.8. The van der Waals surface area contributed by atoms with Gasteiger partial charge in [-0.1, -0.05) is 41.6 Å². The van der Waals surface area contributed by atoms with Crippen LogP contribution in [0.5, 0.6) is 23.0 Å². The molecule has 0 aliphatic carbocycles. The van der Waals surface area contributed by atoms with Crippen LogP contribution in [0.4, 0.5) is 0 Å². The Balaban J connectivity index is 1.25. The van der Waals surface area contributed by atoms with Crippen molar-refractivity contribution in [2.45, 2.75) is 36.7 Å².